The van der Waals surface area contributed by atoms with Gasteiger partial charge in [0.2, 0.25) is 7.41 Å². The Morgan fingerprint density at radius 2 is 2.20 bits per heavy atom. The largest absolute Gasteiger partial charge is 0.396 e. The molecule has 1 aliphatic rings. The van der Waals surface area contributed by atoms with E-state index in [-0.39, 0.29) is 18.6 Å². The molecule has 1 radical (unpaired) electrons. The molecule has 0 aliphatic heterocycles. The molecule has 0 saturated heterocycles. The van der Waals surface area contributed by atoms with Gasteiger partial charge in [-0.25, -0.2) is 0 Å². The lowest BCUT2D eigenvalue weighted by molar-refractivity contribution is 0.0909. The molecule has 0 heterocycles. The molecule has 0 spiro atoms. The Labute approximate surface area is 61.5 Å². The van der Waals surface area contributed by atoms with Gasteiger partial charge in [0.25, 0.3) is 0 Å². The Bertz CT molecular complexity index is 112. The fourth-order valence-electron chi connectivity index (χ4n) is 1.50. The molecule has 0 aromatic rings. The van der Waals surface area contributed by atoms with Crippen LogP contribution < -0.4 is 5.64 Å². The van der Waals surface area contributed by atoms with Gasteiger partial charge in [-0.05, 0) is 18.7 Å². The third-order valence-electron chi connectivity index (χ3n) is 2.20. The maximum Gasteiger partial charge on any atom is 0.205 e. The van der Waals surface area contributed by atoms with Gasteiger partial charge in [0.15, 0.2) is 0 Å². The summed E-state index contributed by atoms with van der Waals surface area (Å²) in [7, 11) is 1.61. The van der Waals surface area contributed by atoms with E-state index in [1.54, 1.807) is 7.41 Å². The highest BCUT2D eigenvalue weighted by atomic mass is 16.3. The van der Waals surface area contributed by atoms with Crippen molar-refractivity contribution in [3.05, 3.63) is 0 Å². The van der Waals surface area contributed by atoms with E-state index in [2.05, 4.69) is 0 Å². The third kappa shape index (κ3) is 1.51. The van der Waals surface area contributed by atoms with Crippen LogP contribution >= 0.6 is 0 Å². The van der Waals surface area contributed by atoms with Crippen molar-refractivity contribution >= 4 is 7.41 Å². The highest BCUT2D eigenvalue weighted by molar-refractivity contribution is 6.33. The Balaban J connectivity index is 2.36. The minimum absolute atomic E-state index is 0.0461. The molecule has 3 nitrogen and oxygen atoms in total. The average molecular weight is 142 g/mol. The quantitative estimate of drug-likeness (QED) is 0.438. The highest BCUT2D eigenvalue weighted by Gasteiger charge is 2.31. The number of hydrogen-bond donors (Lipinski definition) is 3. The van der Waals surface area contributed by atoms with Gasteiger partial charge < -0.3 is 15.9 Å². The van der Waals surface area contributed by atoms with E-state index in [4.69, 9.17) is 10.8 Å². The fraction of sp³-hybridized carbons (Fsp3) is 1.00. The normalized spacial score (nSPS) is 40.1. The third-order valence-corrected chi connectivity index (χ3v) is 2.20. The molecule has 0 bridgehead atoms. The van der Waals surface area contributed by atoms with Crippen molar-refractivity contribution in [1.82, 2.24) is 0 Å². The number of nitrogens with two attached hydrogens (primary N) is 1. The van der Waals surface area contributed by atoms with Gasteiger partial charge >= 0.3 is 0 Å². The van der Waals surface area contributed by atoms with E-state index in [9.17, 15) is 5.11 Å². The molecule has 1 rings (SSSR count). The second-order valence-corrected chi connectivity index (χ2v) is 2.93. The smallest absolute Gasteiger partial charge is 0.205 e. The van der Waals surface area contributed by atoms with Crippen LogP contribution in [-0.2, 0) is 0 Å². The van der Waals surface area contributed by atoms with Gasteiger partial charge in [0.1, 0.15) is 0 Å². The lowest BCUT2D eigenvalue weighted by Crippen LogP contribution is -2.16. The minimum Gasteiger partial charge on any atom is -0.396 e. The number of aliphatic hydroxyl groups excluding tert-OH is 2. The lowest BCUT2D eigenvalue weighted by atomic mass is 9.75. The molecule has 0 aromatic carbocycles. The summed E-state index contributed by atoms with van der Waals surface area (Å²) >= 11 is 0. The predicted octanol–water partition coefficient (Wildman–Crippen LogP) is -0.884. The van der Waals surface area contributed by atoms with Crippen molar-refractivity contribution in [1.29, 1.82) is 0 Å². The average Bonchev–Trinajstić information content (AvgIpc) is 2.30. The van der Waals surface area contributed by atoms with Crippen LogP contribution in [0.5, 0.6) is 0 Å². The van der Waals surface area contributed by atoms with E-state index in [1.165, 1.54) is 0 Å². The molecule has 4 heteroatoms. The monoisotopic (exact) mass is 142 g/mol. The summed E-state index contributed by atoms with van der Waals surface area (Å²) < 4.78 is 0. The maximum absolute atomic E-state index is 9.25. The van der Waals surface area contributed by atoms with Gasteiger partial charge in [-0.1, -0.05) is 0 Å². The zero-order valence-electron chi connectivity index (χ0n) is 5.90. The van der Waals surface area contributed by atoms with Crippen LogP contribution in [0.1, 0.15) is 12.8 Å². The summed E-state index contributed by atoms with van der Waals surface area (Å²) in [6, 6.07) is 0. The van der Waals surface area contributed by atoms with Crippen LogP contribution in [-0.4, -0.2) is 30.3 Å². The zero-order valence-corrected chi connectivity index (χ0v) is 5.90. The Morgan fingerprint density at radius 3 is 2.50 bits per heavy atom. The summed E-state index contributed by atoms with van der Waals surface area (Å²) in [4.78, 5) is 0. The van der Waals surface area contributed by atoms with E-state index < -0.39 is 0 Å². The first-order valence-electron chi connectivity index (χ1n) is 3.62. The van der Waals surface area contributed by atoms with Crippen molar-refractivity contribution in [3.8, 4) is 0 Å². The Morgan fingerprint density at radius 1 is 1.50 bits per heavy atom. The van der Waals surface area contributed by atoms with E-state index in [1.807, 2.05) is 0 Å². The molecule has 57 valence electrons. The summed E-state index contributed by atoms with van der Waals surface area (Å²) in [6.45, 7) is 0.0749. The molecule has 0 aromatic heterocycles. The van der Waals surface area contributed by atoms with Gasteiger partial charge in [-0.15, -0.1) is 0 Å². The van der Waals surface area contributed by atoms with Crippen LogP contribution in [0, 0.1) is 5.92 Å². The Hall–Kier alpha value is -0.0551. The van der Waals surface area contributed by atoms with Crippen molar-refractivity contribution < 1.29 is 10.2 Å². The summed E-state index contributed by atoms with van der Waals surface area (Å²) in [5.41, 5.74) is 5.30. The van der Waals surface area contributed by atoms with Crippen LogP contribution in [0.4, 0.5) is 0 Å². The first-order chi connectivity index (χ1) is 4.77. The summed E-state index contributed by atoms with van der Waals surface area (Å²) in [5.74, 6) is 0.344. The first-order valence-corrected chi connectivity index (χ1v) is 3.62. The molecule has 4 N–H and O–H groups in total. The molecular weight excluding hydrogens is 129 g/mol. The molecule has 1 saturated carbocycles. The molecule has 1 aliphatic carbocycles. The van der Waals surface area contributed by atoms with E-state index >= 15 is 0 Å². The van der Waals surface area contributed by atoms with Gasteiger partial charge in [0.05, 0.1) is 6.10 Å². The Kier molecular flexibility index (Phi) is 2.71. The second kappa shape index (κ2) is 3.37. The standard InChI is InChI=1S/C6H13BNO2/c8-7-5-1-4(3-9)6(10)2-5/h4-6,9-10H,1-3,8H2/t4-,5-,6?/m0/s1. The van der Waals surface area contributed by atoms with Crippen LogP contribution in [0.15, 0.2) is 0 Å². The molecule has 0 amide bonds. The van der Waals surface area contributed by atoms with Crippen LogP contribution in [0.25, 0.3) is 0 Å². The minimum atomic E-state index is -0.352. The van der Waals surface area contributed by atoms with Gasteiger partial charge in [-0.2, -0.15) is 0 Å². The SMILES string of the molecule is N[B][C@@H]1CC(O)[C@H](CO)C1. The number of aliphatic hydroxyl groups is 2. The first kappa shape index (κ1) is 8.05. The topological polar surface area (TPSA) is 66.5 Å². The summed E-state index contributed by atoms with van der Waals surface area (Å²) in [6.07, 6.45) is 1.19. The highest BCUT2D eigenvalue weighted by Crippen LogP contribution is 2.33. The molecule has 3 atom stereocenters. The van der Waals surface area contributed by atoms with Crippen molar-refractivity contribution in [2.24, 2.45) is 11.6 Å². The van der Waals surface area contributed by atoms with Crippen LogP contribution in [0.2, 0.25) is 5.82 Å². The molecule has 1 unspecified atom stereocenters. The summed E-state index contributed by atoms with van der Waals surface area (Å²) in [5, 5.41) is 18.0. The fourth-order valence-corrected chi connectivity index (χ4v) is 1.50. The number of hydrogen-bond acceptors (Lipinski definition) is 3. The van der Waals surface area contributed by atoms with Crippen molar-refractivity contribution in [2.75, 3.05) is 6.61 Å². The van der Waals surface area contributed by atoms with Crippen LogP contribution in [0.3, 0.4) is 0 Å². The molecular formula is C6H13BNO2. The number of rotatable bonds is 2. The van der Waals surface area contributed by atoms with Gasteiger partial charge in [0, 0.05) is 12.5 Å². The maximum atomic E-state index is 9.25. The second-order valence-electron chi connectivity index (χ2n) is 2.93. The van der Waals surface area contributed by atoms with Crippen molar-refractivity contribution in [3.63, 3.8) is 0 Å². The van der Waals surface area contributed by atoms with Crippen molar-refractivity contribution in [2.45, 2.75) is 24.8 Å². The predicted molar refractivity (Wildman–Crippen MR) is 39.5 cm³/mol. The molecule has 1 fully saturated rings. The van der Waals surface area contributed by atoms with Gasteiger partial charge in [-0.3, -0.25) is 0 Å². The zero-order chi connectivity index (χ0) is 7.56. The lowest BCUT2D eigenvalue weighted by Gasteiger charge is -2.08. The van der Waals surface area contributed by atoms with E-state index in [0.717, 1.165) is 6.42 Å². The molecule has 10 heavy (non-hydrogen) atoms. The van der Waals surface area contributed by atoms with E-state index in [0.29, 0.717) is 12.2 Å².